The Hall–Kier alpha value is -2.02. The van der Waals surface area contributed by atoms with Crippen LogP contribution in [-0.2, 0) is 4.74 Å². The zero-order valence-electron chi connectivity index (χ0n) is 10.3. The summed E-state index contributed by atoms with van der Waals surface area (Å²) in [5.41, 5.74) is 8.44. The van der Waals surface area contributed by atoms with E-state index in [1.54, 1.807) is 13.0 Å². The minimum atomic E-state index is -0.704. The van der Waals surface area contributed by atoms with E-state index < -0.39 is 12.1 Å². The molecule has 0 radical (unpaired) electrons. The van der Waals surface area contributed by atoms with Crippen molar-refractivity contribution in [2.24, 2.45) is 0 Å². The van der Waals surface area contributed by atoms with Gasteiger partial charge in [-0.3, -0.25) is 0 Å². The molecule has 0 spiro atoms. The number of nitrogens with zero attached hydrogens (tertiary/aromatic N) is 1. The van der Waals surface area contributed by atoms with Crippen LogP contribution in [0.3, 0.4) is 0 Å². The van der Waals surface area contributed by atoms with Crippen molar-refractivity contribution < 1.29 is 9.53 Å². The first-order valence-corrected chi connectivity index (χ1v) is 5.46. The van der Waals surface area contributed by atoms with E-state index in [-0.39, 0.29) is 0 Å². The number of rotatable bonds is 3. The first kappa shape index (κ1) is 13.0. The van der Waals surface area contributed by atoms with Crippen molar-refractivity contribution in [3.8, 4) is 6.07 Å². The van der Waals surface area contributed by atoms with E-state index in [2.05, 4.69) is 0 Å². The lowest BCUT2D eigenvalue weighted by atomic mass is 10.0. The van der Waals surface area contributed by atoms with Gasteiger partial charge in [0.25, 0.3) is 0 Å². The normalized spacial score (nSPS) is 11.6. The van der Waals surface area contributed by atoms with E-state index in [4.69, 9.17) is 15.7 Å². The summed E-state index contributed by atoms with van der Waals surface area (Å²) in [6.45, 7) is 5.48. The van der Waals surface area contributed by atoms with Crippen LogP contribution in [0.15, 0.2) is 12.1 Å². The summed E-state index contributed by atoms with van der Waals surface area (Å²) in [7, 11) is 0. The van der Waals surface area contributed by atoms with Crippen LogP contribution < -0.4 is 5.73 Å². The Morgan fingerprint density at radius 3 is 2.65 bits per heavy atom. The van der Waals surface area contributed by atoms with Crippen molar-refractivity contribution in [2.45, 2.75) is 33.3 Å². The van der Waals surface area contributed by atoms with Crippen molar-refractivity contribution in [1.82, 2.24) is 0 Å². The average Bonchev–Trinajstić information content (AvgIpc) is 2.30. The average molecular weight is 232 g/mol. The van der Waals surface area contributed by atoms with Crippen molar-refractivity contribution in [3.63, 3.8) is 0 Å². The summed E-state index contributed by atoms with van der Waals surface area (Å²) in [6.07, 6.45) is -0.229. The maximum atomic E-state index is 11.8. The van der Waals surface area contributed by atoms with Gasteiger partial charge >= 0.3 is 5.97 Å². The van der Waals surface area contributed by atoms with Crippen LogP contribution in [-0.4, -0.2) is 12.1 Å². The van der Waals surface area contributed by atoms with Crippen LogP contribution in [0.2, 0.25) is 0 Å². The molecule has 0 aliphatic heterocycles. The second-order valence-corrected chi connectivity index (χ2v) is 3.96. The summed E-state index contributed by atoms with van der Waals surface area (Å²) in [5, 5.41) is 8.74. The van der Waals surface area contributed by atoms with Gasteiger partial charge in [-0.05, 0) is 37.5 Å². The number of anilines is 1. The van der Waals surface area contributed by atoms with Gasteiger partial charge in [-0.1, -0.05) is 13.0 Å². The second-order valence-electron chi connectivity index (χ2n) is 3.96. The number of aryl methyl sites for hydroxylation is 2. The largest absolute Gasteiger partial charge is 0.443 e. The molecule has 1 aromatic rings. The molecule has 2 N–H and O–H groups in total. The second kappa shape index (κ2) is 5.35. The van der Waals surface area contributed by atoms with E-state index in [9.17, 15) is 4.79 Å². The van der Waals surface area contributed by atoms with Crippen LogP contribution in [0.4, 0.5) is 5.69 Å². The highest BCUT2D eigenvalue weighted by Crippen LogP contribution is 2.19. The molecule has 0 heterocycles. The van der Waals surface area contributed by atoms with Gasteiger partial charge in [0.05, 0.1) is 5.56 Å². The molecule has 1 unspecified atom stereocenters. The van der Waals surface area contributed by atoms with Gasteiger partial charge in [0.1, 0.15) is 6.07 Å². The lowest BCUT2D eigenvalue weighted by molar-refractivity contribution is 0.0400. The number of carbonyl (C=O) groups excluding carboxylic acids is 1. The number of nitriles is 1. The van der Waals surface area contributed by atoms with E-state index >= 15 is 0 Å². The predicted molar refractivity (Wildman–Crippen MR) is 65.4 cm³/mol. The molecule has 17 heavy (non-hydrogen) atoms. The molecule has 0 aromatic heterocycles. The Morgan fingerprint density at radius 2 is 2.12 bits per heavy atom. The molecule has 0 amide bonds. The summed E-state index contributed by atoms with van der Waals surface area (Å²) in [5.74, 6) is -0.498. The Labute approximate surface area is 101 Å². The minimum Gasteiger partial charge on any atom is -0.443 e. The van der Waals surface area contributed by atoms with Gasteiger partial charge in [-0.2, -0.15) is 5.26 Å². The van der Waals surface area contributed by atoms with Crippen molar-refractivity contribution in [3.05, 3.63) is 28.8 Å². The van der Waals surface area contributed by atoms with E-state index in [0.29, 0.717) is 17.7 Å². The number of ether oxygens (including phenoxy) is 1. The fraction of sp³-hybridized carbons (Fsp3) is 0.385. The Kier molecular flexibility index (Phi) is 4.11. The van der Waals surface area contributed by atoms with Crippen molar-refractivity contribution in [1.29, 1.82) is 5.26 Å². The highest BCUT2D eigenvalue weighted by Gasteiger charge is 2.16. The number of esters is 1. The zero-order chi connectivity index (χ0) is 13.0. The quantitative estimate of drug-likeness (QED) is 0.641. The number of nitrogen functional groups attached to an aromatic ring is 1. The maximum Gasteiger partial charge on any atom is 0.339 e. The van der Waals surface area contributed by atoms with Crippen LogP contribution in [0.5, 0.6) is 0 Å². The molecule has 4 heteroatoms. The van der Waals surface area contributed by atoms with Crippen LogP contribution >= 0.6 is 0 Å². The summed E-state index contributed by atoms with van der Waals surface area (Å²) in [4.78, 5) is 11.8. The molecule has 0 fully saturated rings. The molecule has 0 bridgehead atoms. The standard InChI is InChI=1S/C13H16N2O2/c1-4-10(7-14)17-13(16)11-6-12(15)9(3)5-8(11)2/h5-6,10H,4,15H2,1-3H3. The van der Waals surface area contributed by atoms with Gasteiger partial charge in [-0.15, -0.1) is 0 Å². The van der Waals surface area contributed by atoms with E-state index in [1.807, 2.05) is 26.0 Å². The van der Waals surface area contributed by atoms with Gasteiger partial charge in [-0.25, -0.2) is 4.79 Å². The zero-order valence-corrected chi connectivity index (χ0v) is 10.3. The fourth-order valence-corrected chi connectivity index (χ4v) is 1.48. The summed E-state index contributed by atoms with van der Waals surface area (Å²) >= 11 is 0. The lowest BCUT2D eigenvalue weighted by Crippen LogP contribution is -2.16. The Morgan fingerprint density at radius 1 is 1.47 bits per heavy atom. The van der Waals surface area contributed by atoms with E-state index in [0.717, 1.165) is 11.1 Å². The molecule has 4 nitrogen and oxygen atoms in total. The maximum absolute atomic E-state index is 11.8. The summed E-state index contributed by atoms with van der Waals surface area (Å²) < 4.78 is 5.05. The molecular weight excluding hydrogens is 216 g/mol. The third-order valence-electron chi connectivity index (χ3n) is 2.60. The minimum absolute atomic E-state index is 0.418. The van der Waals surface area contributed by atoms with E-state index in [1.165, 1.54) is 0 Å². The number of hydrogen-bond donors (Lipinski definition) is 1. The third-order valence-corrected chi connectivity index (χ3v) is 2.60. The number of benzene rings is 1. The van der Waals surface area contributed by atoms with Crippen LogP contribution in [0.25, 0.3) is 0 Å². The first-order chi connectivity index (χ1) is 7.99. The third kappa shape index (κ3) is 2.97. The predicted octanol–water partition coefficient (Wildman–Crippen LogP) is 2.34. The van der Waals surface area contributed by atoms with Crippen molar-refractivity contribution >= 4 is 11.7 Å². The number of nitrogens with two attached hydrogens (primary N) is 1. The first-order valence-electron chi connectivity index (χ1n) is 5.46. The Balaban J connectivity index is 2.98. The number of hydrogen-bond acceptors (Lipinski definition) is 4. The topological polar surface area (TPSA) is 76.1 Å². The molecular formula is C13H16N2O2. The molecule has 1 aromatic carbocycles. The molecule has 0 aliphatic rings. The molecule has 1 rings (SSSR count). The fourth-order valence-electron chi connectivity index (χ4n) is 1.48. The van der Waals surface area contributed by atoms with Gasteiger partial charge in [0.2, 0.25) is 0 Å². The molecule has 0 saturated carbocycles. The summed E-state index contributed by atoms with van der Waals surface area (Å²) in [6, 6.07) is 5.35. The smallest absolute Gasteiger partial charge is 0.339 e. The monoisotopic (exact) mass is 232 g/mol. The number of carbonyl (C=O) groups is 1. The highest BCUT2D eigenvalue weighted by molar-refractivity contribution is 5.92. The van der Waals surface area contributed by atoms with Crippen LogP contribution in [0.1, 0.15) is 34.8 Å². The lowest BCUT2D eigenvalue weighted by Gasteiger charge is -2.12. The molecule has 1 atom stereocenters. The van der Waals surface area contributed by atoms with Gasteiger partial charge in [0.15, 0.2) is 6.10 Å². The highest BCUT2D eigenvalue weighted by atomic mass is 16.5. The van der Waals surface area contributed by atoms with Crippen LogP contribution in [0, 0.1) is 25.2 Å². The van der Waals surface area contributed by atoms with Crippen molar-refractivity contribution in [2.75, 3.05) is 5.73 Å². The Bertz CT molecular complexity index is 475. The van der Waals surface area contributed by atoms with Gasteiger partial charge in [0, 0.05) is 5.69 Å². The molecule has 90 valence electrons. The molecule has 0 aliphatic carbocycles. The SMILES string of the molecule is CCC(C#N)OC(=O)c1cc(N)c(C)cc1C. The molecule has 0 saturated heterocycles. The van der Waals surface area contributed by atoms with Gasteiger partial charge < -0.3 is 10.5 Å².